The lowest BCUT2D eigenvalue weighted by Gasteiger charge is -2.20. The van der Waals surface area contributed by atoms with E-state index in [1.807, 2.05) is 7.05 Å². The molecule has 1 rings (SSSR count). The predicted molar refractivity (Wildman–Crippen MR) is 38.7 cm³/mol. The third-order valence-corrected chi connectivity index (χ3v) is 2.17. The van der Waals surface area contributed by atoms with Crippen LogP contribution in [0.2, 0.25) is 0 Å². The molecule has 0 aromatic rings. The highest BCUT2D eigenvalue weighted by Crippen LogP contribution is 2.26. The monoisotopic (exact) mass is 139 g/mol. The van der Waals surface area contributed by atoms with Crippen LogP contribution < -0.4 is 5.84 Å². The Bertz CT molecular complexity index is 147. The van der Waals surface area contributed by atoms with Gasteiger partial charge in [-0.3, -0.25) is 5.84 Å². The molecule has 1 aliphatic carbocycles. The Labute approximate surface area is 61.4 Å². The smallest absolute Gasteiger partial charge is 0.0672 e. The van der Waals surface area contributed by atoms with Crippen molar-refractivity contribution in [3.63, 3.8) is 0 Å². The van der Waals surface area contributed by atoms with E-state index in [0.717, 1.165) is 19.3 Å². The normalized spacial score (nSPS) is 32.6. The van der Waals surface area contributed by atoms with Crippen molar-refractivity contribution in [2.75, 3.05) is 7.05 Å². The van der Waals surface area contributed by atoms with E-state index in [0.29, 0.717) is 6.04 Å². The number of nitrogens with two attached hydrogens (primary N) is 1. The second-order valence-electron chi connectivity index (χ2n) is 2.90. The van der Waals surface area contributed by atoms with Crippen molar-refractivity contribution in [1.82, 2.24) is 5.01 Å². The van der Waals surface area contributed by atoms with Gasteiger partial charge in [0.2, 0.25) is 0 Å². The van der Waals surface area contributed by atoms with Gasteiger partial charge in [-0.05, 0) is 12.8 Å². The maximum Gasteiger partial charge on any atom is 0.0672 e. The van der Waals surface area contributed by atoms with Crippen LogP contribution in [0.15, 0.2) is 0 Å². The fourth-order valence-electron chi connectivity index (χ4n) is 1.58. The van der Waals surface area contributed by atoms with Crippen LogP contribution in [0.3, 0.4) is 0 Å². The lowest BCUT2D eigenvalue weighted by Crippen LogP contribution is -2.39. The van der Waals surface area contributed by atoms with Crippen molar-refractivity contribution in [2.45, 2.75) is 25.3 Å². The van der Waals surface area contributed by atoms with Gasteiger partial charge in [0.1, 0.15) is 0 Å². The lowest BCUT2D eigenvalue weighted by molar-refractivity contribution is 0.226. The van der Waals surface area contributed by atoms with Gasteiger partial charge >= 0.3 is 0 Å². The largest absolute Gasteiger partial charge is 0.269 e. The molecule has 3 heteroatoms. The molecule has 10 heavy (non-hydrogen) atoms. The number of hydrogen-bond donors (Lipinski definition) is 1. The van der Waals surface area contributed by atoms with Crippen LogP contribution >= 0.6 is 0 Å². The predicted octanol–water partition coefficient (Wildman–Crippen LogP) is 0.484. The zero-order valence-corrected chi connectivity index (χ0v) is 6.25. The molecule has 3 nitrogen and oxygen atoms in total. The van der Waals surface area contributed by atoms with Crippen LogP contribution in [0.25, 0.3) is 0 Å². The molecule has 1 saturated carbocycles. The van der Waals surface area contributed by atoms with Crippen LogP contribution in [-0.2, 0) is 0 Å². The summed E-state index contributed by atoms with van der Waals surface area (Å²) in [6.07, 6.45) is 3.23. The van der Waals surface area contributed by atoms with Crippen molar-refractivity contribution in [1.29, 1.82) is 5.26 Å². The molecular weight excluding hydrogens is 126 g/mol. The summed E-state index contributed by atoms with van der Waals surface area (Å²) in [6, 6.07) is 2.57. The summed E-state index contributed by atoms with van der Waals surface area (Å²) in [5, 5.41) is 10.3. The zero-order chi connectivity index (χ0) is 7.56. The highest BCUT2D eigenvalue weighted by Gasteiger charge is 2.28. The van der Waals surface area contributed by atoms with Gasteiger partial charge in [-0.2, -0.15) is 5.26 Å². The quantitative estimate of drug-likeness (QED) is 0.424. The molecule has 0 radical (unpaired) electrons. The van der Waals surface area contributed by atoms with Crippen molar-refractivity contribution >= 4 is 0 Å². The van der Waals surface area contributed by atoms with Crippen LogP contribution in [0.1, 0.15) is 19.3 Å². The minimum absolute atomic E-state index is 0.162. The molecular formula is C7H13N3. The molecule has 0 heterocycles. The molecule has 2 N–H and O–H groups in total. The van der Waals surface area contributed by atoms with Gasteiger partial charge in [-0.1, -0.05) is 6.42 Å². The number of hydrogen-bond acceptors (Lipinski definition) is 3. The fourth-order valence-corrected chi connectivity index (χ4v) is 1.58. The summed E-state index contributed by atoms with van der Waals surface area (Å²) < 4.78 is 0. The fraction of sp³-hybridized carbons (Fsp3) is 0.857. The molecule has 0 bridgehead atoms. The first kappa shape index (κ1) is 7.52. The first-order valence-electron chi connectivity index (χ1n) is 3.63. The van der Waals surface area contributed by atoms with Crippen molar-refractivity contribution in [2.24, 2.45) is 11.8 Å². The second kappa shape index (κ2) is 3.00. The van der Waals surface area contributed by atoms with Gasteiger partial charge in [-0.15, -0.1) is 0 Å². The molecule has 0 spiro atoms. The van der Waals surface area contributed by atoms with Crippen molar-refractivity contribution in [3.05, 3.63) is 0 Å². The number of rotatable bonds is 1. The summed E-state index contributed by atoms with van der Waals surface area (Å²) in [5.74, 6) is 5.71. The molecule has 1 aliphatic rings. The summed E-state index contributed by atoms with van der Waals surface area (Å²) in [5.41, 5.74) is 0. The van der Waals surface area contributed by atoms with Crippen molar-refractivity contribution < 1.29 is 0 Å². The molecule has 1 fully saturated rings. The number of nitriles is 1. The van der Waals surface area contributed by atoms with Crippen molar-refractivity contribution in [3.8, 4) is 6.07 Å². The van der Waals surface area contributed by atoms with Gasteiger partial charge < -0.3 is 0 Å². The van der Waals surface area contributed by atoms with Gasteiger partial charge in [0, 0.05) is 13.1 Å². The molecule has 0 aliphatic heterocycles. The Kier molecular flexibility index (Phi) is 2.25. The minimum atomic E-state index is 0.162. The Morgan fingerprint density at radius 1 is 1.60 bits per heavy atom. The van der Waals surface area contributed by atoms with E-state index in [1.165, 1.54) is 0 Å². The van der Waals surface area contributed by atoms with Crippen LogP contribution in [-0.4, -0.2) is 18.1 Å². The summed E-state index contributed by atoms with van der Waals surface area (Å²) in [4.78, 5) is 0. The first-order valence-corrected chi connectivity index (χ1v) is 3.63. The number of hydrazine groups is 1. The lowest BCUT2D eigenvalue weighted by atomic mass is 10.1. The molecule has 2 atom stereocenters. The number of nitrogens with zero attached hydrogens (tertiary/aromatic N) is 2. The SMILES string of the molecule is CN(N)C1CCCC1C#N. The molecule has 0 aromatic carbocycles. The second-order valence-corrected chi connectivity index (χ2v) is 2.90. The Balaban J connectivity index is 2.52. The van der Waals surface area contributed by atoms with E-state index >= 15 is 0 Å². The van der Waals surface area contributed by atoms with E-state index < -0.39 is 0 Å². The van der Waals surface area contributed by atoms with E-state index in [9.17, 15) is 0 Å². The maximum absolute atomic E-state index is 8.65. The summed E-state index contributed by atoms with van der Waals surface area (Å²) in [6.45, 7) is 0. The molecule has 0 amide bonds. The molecule has 0 saturated heterocycles. The minimum Gasteiger partial charge on any atom is -0.269 e. The van der Waals surface area contributed by atoms with E-state index in [-0.39, 0.29) is 5.92 Å². The molecule has 0 aromatic heterocycles. The Morgan fingerprint density at radius 2 is 2.30 bits per heavy atom. The standard InChI is InChI=1S/C7H13N3/c1-10(9)7-4-2-3-6(7)5-8/h6-7H,2-4,9H2,1H3. The van der Waals surface area contributed by atoms with Crippen LogP contribution in [0.5, 0.6) is 0 Å². The highest BCUT2D eigenvalue weighted by atomic mass is 15.4. The van der Waals surface area contributed by atoms with Gasteiger partial charge in [-0.25, -0.2) is 5.01 Å². The third-order valence-electron chi connectivity index (χ3n) is 2.17. The van der Waals surface area contributed by atoms with Gasteiger partial charge in [0.05, 0.1) is 12.0 Å². The highest BCUT2D eigenvalue weighted by molar-refractivity contribution is 4.95. The average molecular weight is 139 g/mol. The summed E-state index contributed by atoms with van der Waals surface area (Å²) >= 11 is 0. The summed E-state index contributed by atoms with van der Waals surface area (Å²) in [7, 11) is 1.83. The first-order chi connectivity index (χ1) is 4.75. The van der Waals surface area contributed by atoms with Gasteiger partial charge in [0.25, 0.3) is 0 Å². The third kappa shape index (κ3) is 1.28. The Hall–Kier alpha value is -0.590. The van der Waals surface area contributed by atoms with Crippen LogP contribution in [0, 0.1) is 17.2 Å². The molecule has 56 valence electrons. The topological polar surface area (TPSA) is 53.0 Å². The van der Waals surface area contributed by atoms with Crippen LogP contribution in [0.4, 0.5) is 0 Å². The van der Waals surface area contributed by atoms with Gasteiger partial charge in [0.15, 0.2) is 0 Å². The zero-order valence-electron chi connectivity index (χ0n) is 6.25. The maximum atomic E-state index is 8.65. The van der Waals surface area contributed by atoms with E-state index in [4.69, 9.17) is 11.1 Å². The van der Waals surface area contributed by atoms with E-state index in [2.05, 4.69) is 6.07 Å². The van der Waals surface area contributed by atoms with E-state index in [1.54, 1.807) is 5.01 Å². The molecule has 2 unspecified atom stereocenters. The average Bonchev–Trinajstić information content (AvgIpc) is 2.33. The Morgan fingerprint density at radius 3 is 2.70 bits per heavy atom.